The summed E-state index contributed by atoms with van der Waals surface area (Å²) in [5.41, 5.74) is 4.64. The third kappa shape index (κ3) is 3.09. The van der Waals surface area contributed by atoms with Crippen molar-refractivity contribution in [2.24, 2.45) is 4.99 Å². The molecule has 0 amide bonds. The van der Waals surface area contributed by atoms with Crippen molar-refractivity contribution in [3.63, 3.8) is 0 Å². The van der Waals surface area contributed by atoms with Gasteiger partial charge in [0.05, 0.1) is 29.6 Å². The highest BCUT2D eigenvalue weighted by Crippen LogP contribution is 2.38. The molecule has 2 aliphatic heterocycles. The minimum Gasteiger partial charge on any atom is -0.384 e. The number of hydrogen-bond acceptors (Lipinski definition) is 5. The van der Waals surface area contributed by atoms with Crippen molar-refractivity contribution in [2.75, 3.05) is 18.4 Å². The number of fused-ring (bicyclic) bond motifs is 1. The van der Waals surface area contributed by atoms with E-state index in [0.717, 1.165) is 47.5 Å². The fourth-order valence-electron chi connectivity index (χ4n) is 4.16. The average Bonchev–Trinajstić information content (AvgIpc) is 3.26. The first-order valence-corrected chi connectivity index (χ1v) is 10.0. The summed E-state index contributed by atoms with van der Waals surface area (Å²) in [6.45, 7) is 1.45. The Kier molecular flexibility index (Phi) is 4.44. The summed E-state index contributed by atoms with van der Waals surface area (Å²) in [5, 5.41) is 16.1. The number of benzene rings is 2. The number of anilines is 1. The van der Waals surface area contributed by atoms with Gasteiger partial charge >= 0.3 is 0 Å². The van der Waals surface area contributed by atoms with E-state index in [0.29, 0.717) is 17.9 Å². The van der Waals surface area contributed by atoms with Gasteiger partial charge in [0, 0.05) is 23.9 Å². The van der Waals surface area contributed by atoms with E-state index in [1.807, 2.05) is 24.4 Å². The standard InChI is InChI=1S/C24H20FN5/c25-20-8-6-18(7-9-20)24(19-12-22-21(28-14-19)5-2-10-27-22)15-29-23(30-24)17-4-1-3-16(11-17)13-26/h1,3-4,6-9,11-12,14,27H,2,5,10,15H2,(H,29,30). The van der Waals surface area contributed by atoms with Crippen molar-refractivity contribution in [3.05, 3.63) is 94.6 Å². The Morgan fingerprint density at radius 3 is 2.73 bits per heavy atom. The lowest BCUT2D eigenvalue weighted by atomic mass is 9.84. The zero-order valence-corrected chi connectivity index (χ0v) is 16.3. The molecule has 5 rings (SSSR count). The summed E-state index contributed by atoms with van der Waals surface area (Å²) in [6.07, 6.45) is 3.91. The number of amidine groups is 1. The number of rotatable bonds is 3. The first-order valence-electron chi connectivity index (χ1n) is 10.0. The van der Waals surface area contributed by atoms with Crippen molar-refractivity contribution in [3.8, 4) is 6.07 Å². The minimum absolute atomic E-state index is 0.281. The highest BCUT2D eigenvalue weighted by atomic mass is 19.1. The normalized spacial score (nSPS) is 19.8. The Hall–Kier alpha value is -3.72. The summed E-state index contributed by atoms with van der Waals surface area (Å²) in [7, 11) is 0. The number of pyridine rings is 1. The second-order valence-electron chi connectivity index (χ2n) is 7.62. The van der Waals surface area contributed by atoms with Gasteiger partial charge in [-0.1, -0.05) is 24.3 Å². The van der Waals surface area contributed by atoms with E-state index in [9.17, 15) is 9.65 Å². The maximum atomic E-state index is 13.6. The van der Waals surface area contributed by atoms with Crippen LogP contribution in [0.3, 0.4) is 0 Å². The van der Waals surface area contributed by atoms with Crippen LogP contribution < -0.4 is 10.6 Å². The quantitative estimate of drug-likeness (QED) is 0.706. The minimum atomic E-state index is -0.729. The molecule has 0 bridgehead atoms. The smallest absolute Gasteiger partial charge is 0.132 e. The molecule has 1 unspecified atom stereocenters. The zero-order valence-electron chi connectivity index (χ0n) is 16.3. The molecule has 2 N–H and O–H groups in total. The van der Waals surface area contributed by atoms with Crippen molar-refractivity contribution in [1.29, 1.82) is 5.26 Å². The summed E-state index contributed by atoms with van der Waals surface area (Å²) in [5.74, 6) is 0.429. The molecular formula is C24H20FN5. The average molecular weight is 397 g/mol. The highest BCUT2D eigenvalue weighted by Gasteiger charge is 2.40. The fraction of sp³-hybridized carbons (Fsp3) is 0.208. The van der Waals surface area contributed by atoms with E-state index < -0.39 is 5.54 Å². The predicted molar refractivity (Wildman–Crippen MR) is 114 cm³/mol. The Labute approximate surface area is 174 Å². The van der Waals surface area contributed by atoms with Crippen LogP contribution >= 0.6 is 0 Å². The van der Waals surface area contributed by atoms with Gasteiger partial charge in [-0.15, -0.1) is 0 Å². The SMILES string of the molecule is N#Cc1cccc(C2=NC(c3ccc(F)cc3)(c3cnc4c(c3)NCCC4)CN2)c1. The molecule has 3 aromatic rings. The maximum Gasteiger partial charge on any atom is 0.132 e. The van der Waals surface area contributed by atoms with Crippen LogP contribution in [-0.4, -0.2) is 23.9 Å². The molecule has 148 valence electrons. The van der Waals surface area contributed by atoms with Gasteiger partial charge in [0.25, 0.3) is 0 Å². The second-order valence-corrected chi connectivity index (χ2v) is 7.62. The van der Waals surface area contributed by atoms with Crippen LogP contribution in [0.25, 0.3) is 0 Å². The molecule has 0 aliphatic carbocycles. The van der Waals surface area contributed by atoms with Gasteiger partial charge in [0.1, 0.15) is 17.2 Å². The molecule has 0 saturated heterocycles. The Balaban J connectivity index is 1.66. The van der Waals surface area contributed by atoms with Gasteiger partial charge in [0.15, 0.2) is 0 Å². The third-order valence-electron chi connectivity index (χ3n) is 5.75. The molecule has 3 heterocycles. The first-order chi connectivity index (χ1) is 14.7. The number of nitrogens with one attached hydrogen (secondary N) is 2. The van der Waals surface area contributed by atoms with Gasteiger partial charge in [-0.2, -0.15) is 5.26 Å². The number of aliphatic imine (C=N–C) groups is 1. The second kappa shape index (κ2) is 7.27. The van der Waals surface area contributed by atoms with Crippen molar-refractivity contribution in [2.45, 2.75) is 18.4 Å². The summed E-state index contributed by atoms with van der Waals surface area (Å²) in [6, 6.07) is 18.1. The van der Waals surface area contributed by atoms with Crippen molar-refractivity contribution >= 4 is 11.5 Å². The molecule has 5 nitrogen and oxygen atoms in total. The van der Waals surface area contributed by atoms with Crippen LogP contribution in [0.1, 0.15) is 34.4 Å². The van der Waals surface area contributed by atoms with Crippen LogP contribution in [0.15, 0.2) is 65.8 Å². The Morgan fingerprint density at radius 1 is 1.03 bits per heavy atom. The number of aromatic nitrogens is 1. The van der Waals surface area contributed by atoms with Crippen LogP contribution in [-0.2, 0) is 12.0 Å². The largest absolute Gasteiger partial charge is 0.384 e. The van der Waals surface area contributed by atoms with Gasteiger partial charge < -0.3 is 10.6 Å². The molecule has 2 aliphatic rings. The van der Waals surface area contributed by atoms with E-state index in [4.69, 9.17) is 9.98 Å². The summed E-state index contributed by atoms with van der Waals surface area (Å²) >= 11 is 0. The van der Waals surface area contributed by atoms with Gasteiger partial charge in [-0.25, -0.2) is 9.38 Å². The zero-order chi connectivity index (χ0) is 20.6. The third-order valence-corrected chi connectivity index (χ3v) is 5.75. The van der Waals surface area contributed by atoms with Crippen molar-refractivity contribution < 1.29 is 4.39 Å². The van der Waals surface area contributed by atoms with E-state index in [-0.39, 0.29) is 5.82 Å². The van der Waals surface area contributed by atoms with E-state index >= 15 is 0 Å². The molecule has 2 aromatic carbocycles. The van der Waals surface area contributed by atoms with Crippen molar-refractivity contribution in [1.82, 2.24) is 10.3 Å². The number of hydrogen-bond donors (Lipinski definition) is 2. The first kappa shape index (κ1) is 18.3. The molecular weight excluding hydrogens is 377 g/mol. The summed E-state index contributed by atoms with van der Waals surface area (Å²) in [4.78, 5) is 9.79. The lowest BCUT2D eigenvalue weighted by Crippen LogP contribution is -2.32. The molecule has 0 spiro atoms. The predicted octanol–water partition coefficient (Wildman–Crippen LogP) is 3.74. The fourth-order valence-corrected chi connectivity index (χ4v) is 4.16. The summed E-state index contributed by atoms with van der Waals surface area (Å²) < 4.78 is 13.6. The number of nitrogens with zero attached hydrogens (tertiary/aromatic N) is 3. The molecule has 0 radical (unpaired) electrons. The van der Waals surface area contributed by atoms with E-state index in [2.05, 4.69) is 22.8 Å². The number of halogens is 1. The van der Waals surface area contributed by atoms with Crippen LogP contribution in [0.2, 0.25) is 0 Å². The van der Waals surface area contributed by atoms with Gasteiger partial charge in [-0.3, -0.25) is 4.98 Å². The molecule has 0 fully saturated rings. The molecule has 6 heteroatoms. The lowest BCUT2D eigenvalue weighted by molar-refractivity contribution is 0.561. The molecule has 30 heavy (non-hydrogen) atoms. The Morgan fingerprint density at radius 2 is 1.90 bits per heavy atom. The van der Waals surface area contributed by atoms with Gasteiger partial charge in [0.2, 0.25) is 0 Å². The monoisotopic (exact) mass is 397 g/mol. The van der Waals surface area contributed by atoms with Crippen LogP contribution in [0, 0.1) is 17.1 Å². The molecule has 1 aromatic heterocycles. The molecule has 1 atom stereocenters. The maximum absolute atomic E-state index is 13.6. The molecule has 0 saturated carbocycles. The van der Waals surface area contributed by atoms with E-state index in [1.165, 1.54) is 12.1 Å². The number of aryl methyl sites for hydroxylation is 1. The number of nitriles is 1. The highest BCUT2D eigenvalue weighted by molar-refractivity contribution is 6.01. The van der Waals surface area contributed by atoms with Gasteiger partial charge in [-0.05, 0) is 48.7 Å². The van der Waals surface area contributed by atoms with Crippen LogP contribution in [0.5, 0.6) is 0 Å². The van der Waals surface area contributed by atoms with Crippen LogP contribution in [0.4, 0.5) is 10.1 Å². The topological polar surface area (TPSA) is 73.1 Å². The Bertz CT molecular complexity index is 1180. The van der Waals surface area contributed by atoms with E-state index in [1.54, 1.807) is 18.2 Å². The lowest BCUT2D eigenvalue weighted by Gasteiger charge is -2.28.